The van der Waals surface area contributed by atoms with Crippen LogP contribution in [-0.4, -0.2) is 106 Å². The number of imidazole rings is 2. The number of aromatic nitrogens is 4. The Balaban J connectivity index is 1.02. The molecule has 3 aromatic carbocycles. The molecule has 2 fully saturated rings. The Kier molecular flexibility index (Phi) is 12.3. The van der Waals surface area contributed by atoms with Gasteiger partial charge in [-0.1, -0.05) is 62.4 Å². The van der Waals surface area contributed by atoms with E-state index >= 15 is 0 Å². The van der Waals surface area contributed by atoms with E-state index in [1.165, 1.54) is 21.3 Å². The van der Waals surface area contributed by atoms with Crippen LogP contribution in [0.5, 0.6) is 0 Å². The lowest BCUT2D eigenvalue weighted by Gasteiger charge is -2.30. The van der Waals surface area contributed by atoms with Crippen LogP contribution in [0.25, 0.3) is 44.4 Å². The third-order valence-corrected chi connectivity index (χ3v) is 11.5. The number of H-pyrrole nitrogens is 2. The average Bonchev–Trinajstić information content (AvgIpc) is 4.10. The highest BCUT2D eigenvalue weighted by Crippen LogP contribution is 2.35. The summed E-state index contributed by atoms with van der Waals surface area (Å²) in [6, 6.07) is 18.9. The molecule has 5 atom stereocenters. The fourth-order valence-electron chi connectivity index (χ4n) is 8.13. The van der Waals surface area contributed by atoms with E-state index in [2.05, 4.69) is 86.2 Å². The van der Waals surface area contributed by atoms with Gasteiger partial charge in [-0.15, -0.1) is 0 Å². The molecule has 0 bridgehead atoms. The third kappa shape index (κ3) is 8.65. The molecule has 15 heteroatoms. The number of benzene rings is 3. The number of aromatic amines is 2. The first-order chi connectivity index (χ1) is 28.5. The van der Waals surface area contributed by atoms with E-state index in [0.29, 0.717) is 18.9 Å². The number of nitrogens with zero attached hydrogens (tertiary/aromatic N) is 4. The van der Waals surface area contributed by atoms with Crippen molar-refractivity contribution >= 4 is 34.8 Å². The molecule has 2 aromatic heterocycles. The van der Waals surface area contributed by atoms with Gasteiger partial charge < -0.3 is 44.6 Å². The maximum Gasteiger partial charge on any atom is 0.407 e. The lowest BCUT2D eigenvalue weighted by molar-refractivity contribution is -0.137. The van der Waals surface area contributed by atoms with Crippen LogP contribution in [0.2, 0.25) is 0 Å². The zero-order chi connectivity index (χ0) is 41.8. The predicted molar refractivity (Wildman–Crippen MR) is 222 cm³/mol. The number of nitrogens with one attached hydrogen (secondary N) is 4. The maximum absolute atomic E-state index is 13.6. The van der Waals surface area contributed by atoms with Crippen molar-refractivity contribution in [2.24, 2.45) is 5.92 Å². The van der Waals surface area contributed by atoms with E-state index < -0.39 is 30.4 Å². The highest BCUT2D eigenvalue weighted by Gasteiger charge is 2.39. The number of hydrogen-bond donors (Lipinski definition) is 4. The highest BCUT2D eigenvalue weighted by atomic mass is 16.5. The van der Waals surface area contributed by atoms with Gasteiger partial charge in [-0.25, -0.2) is 19.6 Å². The Labute approximate surface area is 343 Å². The number of fused-ring (bicyclic) bond motifs is 1. The quantitative estimate of drug-likeness (QED) is 0.106. The zero-order valence-electron chi connectivity index (χ0n) is 34.3. The Hall–Kier alpha value is -6.22. The number of likely N-dealkylation sites (tertiary alicyclic amines) is 2. The summed E-state index contributed by atoms with van der Waals surface area (Å²) in [6.07, 6.45) is 4.92. The maximum atomic E-state index is 13.6. The molecule has 4 N–H and O–H groups in total. The molecule has 310 valence electrons. The molecule has 5 aromatic rings. The minimum Gasteiger partial charge on any atom is -0.453 e. The van der Waals surface area contributed by atoms with E-state index in [9.17, 15) is 19.2 Å². The fraction of sp³-hybridized carbons (Fsp3) is 0.409. The van der Waals surface area contributed by atoms with Gasteiger partial charge in [-0.2, -0.15) is 0 Å². The number of carbonyl (C=O) groups excluding carboxylic acids is 4. The lowest BCUT2D eigenvalue weighted by Crippen LogP contribution is -2.54. The number of ether oxygens (including phenoxy) is 3. The fourth-order valence-corrected chi connectivity index (χ4v) is 8.13. The molecule has 4 heterocycles. The van der Waals surface area contributed by atoms with Crippen LogP contribution in [0.1, 0.15) is 70.2 Å². The summed E-state index contributed by atoms with van der Waals surface area (Å²) in [5.74, 6) is 0.924. The number of carbonyl (C=O) groups is 4. The summed E-state index contributed by atoms with van der Waals surface area (Å²) in [5.41, 5.74) is 5.81. The molecule has 2 saturated heterocycles. The van der Waals surface area contributed by atoms with Crippen LogP contribution in [0, 0.1) is 5.92 Å². The Bertz CT molecular complexity index is 2300. The minimum absolute atomic E-state index is 0.108. The summed E-state index contributed by atoms with van der Waals surface area (Å²) < 4.78 is 14.9. The normalized spacial score (nSPS) is 18.2. The van der Waals surface area contributed by atoms with Gasteiger partial charge in [0.05, 0.1) is 56.2 Å². The molecule has 59 heavy (non-hydrogen) atoms. The predicted octanol–water partition coefficient (Wildman–Crippen LogP) is 6.75. The van der Waals surface area contributed by atoms with Crippen molar-refractivity contribution in [1.29, 1.82) is 0 Å². The van der Waals surface area contributed by atoms with Crippen molar-refractivity contribution in [2.75, 3.05) is 34.4 Å². The average molecular weight is 805 g/mol. The number of hydrogen-bond acceptors (Lipinski definition) is 9. The number of alkyl carbamates (subject to hydrolysis) is 2. The van der Waals surface area contributed by atoms with Gasteiger partial charge >= 0.3 is 12.2 Å². The van der Waals surface area contributed by atoms with Gasteiger partial charge in [0.25, 0.3) is 0 Å². The topological polar surface area (TPSA) is 184 Å². The number of rotatable bonds is 12. The first kappa shape index (κ1) is 41.0. The van der Waals surface area contributed by atoms with Crippen molar-refractivity contribution in [2.45, 2.75) is 76.7 Å². The summed E-state index contributed by atoms with van der Waals surface area (Å²) in [5, 5.41) is 7.50. The van der Waals surface area contributed by atoms with E-state index in [0.717, 1.165) is 75.9 Å². The molecular formula is C44H52N8O7. The Morgan fingerprint density at radius 1 is 0.644 bits per heavy atom. The molecule has 0 spiro atoms. The van der Waals surface area contributed by atoms with Crippen molar-refractivity contribution in [3.05, 3.63) is 84.7 Å². The molecule has 0 aliphatic carbocycles. The second-order valence-corrected chi connectivity index (χ2v) is 15.5. The highest BCUT2D eigenvalue weighted by molar-refractivity contribution is 5.91. The minimum atomic E-state index is -0.895. The van der Waals surface area contributed by atoms with E-state index in [1.54, 1.807) is 18.0 Å². The van der Waals surface area contributed by atoms with Gasteiger partial charge in [0, 0.05) is 25.8 Å². The third-order valence-electron chi connectivity index (χ3n) is 11.5. The summed E-state index contributed by atoms with van der Waals surface area (Å²) >= 11 is 0. The second kappa shape index (κ2) is 17.7. The Morgan fingerprint density at radius 2 is 1.10 bits per heavy atom. The van der Waals surface area contributed by atoms with Crippen LogP contribution in [0.3, 0.4) is 0 Å². The van der Waals surface area contributed by atoms with Gasteiger partial charge in [0.2, 0.25) is 11.8 Å². The van der Waals surface area contributed by atoms with Crippen LogP contribution in [0.15, 0.2) is 73.1 Å². The van der Waals surface area contributed by atoms with E-state index in [1.807, 2.05) is 24.9 Å². The molecule has 4 amide bonds. The summed E-state index contributed by atoms with van der Waals surface area (Å²) in [4.78, 5) is 71.1. The summed E-state index contributed by atoms with van der Waals surface area (Å²) in [6.45, 7) is 6.68. The monoisotopic (exact) mass is 804 g/mol. The number of amides is 4. The van der Waals surface area contributed by atoms with Crippen LogP contribution < -0.4 is 10.6 Å². The summed E-state index contributed by atoms with van der Waals surface area (Å²) in [7, 11) is 4.05. The molecule has 15 nitrogen and oxygen atoms in total. The first-order valence-electron chi connectivity index (χ1n) is 20.1. The molecule has 2 aliphatic rings. The molecule has 2 aliphatic heterocycles. The second-order valence-electron chi connectivity index (χ2n) is 15.5. The lowest BCUT2D eigenvalue weighted by atomic mass is 9.98. The van der Waals surface area contributed by atoms with Crippen molar-refractivity contribution in [1.82, 2.24) is 40.4 Å². The largest absolute Gasteiger partial charge is 0.453 e. The number of methoxy groups -OCH3 is 3. The molecular weight excluding hydrogens is 753 g/mol. The van der Waals surface area contributed by atoms with Crippen molar-refractivity contribution in [3.8, 4) is 33.6 Å². The van der Waals surface area contributed by atoms with Crippen LogP contribution in [-0.2, 0) is 23.8 Å². The van der Waals surface area contributed by atoms with E-state index in [-0.39, 0.29) is 29.8 Å². The molecule has 1 unspecified atom stereocenters. The van der Waals surface area contributed by atoms with Gasteiger partial charge in [0.1, 0.15) is 23.7 Å². The van der Waals surface area contributed by atoms with Gasteiger partial charge in [0.15, 0.2) is 0 Å². The van der Waals surface area contributed by atoms with Crippen LogP contribution >= 0.6 is 0 Å². The van der Waals surface area contributed by atoms with Crippen molar-refractivity contribution < 1.29 is 33.4 Å². The van der Waals surface area contributed by atoms with Crippen molar-refractivity contribution in [3.63, 3.8) is 0 Å². The van der Waals surface area contributed by atoms with Gasteiger partial charge in [-0.05, 0) is 78.1 Å². The molecule has 0 radical (unpaired) electrons. The molecule has 0 saturated carbocycles. The van der Waals surface area contributed by atoms with Crippen LogP contribution in [0.4, 0.5) is 9.59 Å². The zero-order valence-corrected chi connectivity index (χ0v) is 34.3. The Morgan fingerprint density at radius 3 is 1.63 bits per heavy atom. The first-order valence-corrected chi connectivity index (χ1v) is 20.1. The standard InChI is InChI=1S/C44H52N8O7/c1-25(2)37(49-43(55)58-5)41(53)51-19-7-9-35(51)40-46-24-34(48-40)32-18-17-30-21-29(15-16-31(30)22-32)27-11-13-28(14-12-27)33-23-45-39(47-33)36-10-8-20-52(36)42(54)38(26(3)57-4)50-44(56)59-6/h11-18,21-26,35-38H,7-10,19-20H2,1-6H3,(H,45,47)(H,46,48)(H,49,55)(H,50,56)/t26-,35+,36+,37?,38+/m1/s1. The van der Waals surface area contributed by atoms with E-state index in [4.69, 9.17) is 19.2 Å². The smallest absolute Gasteiger partial charge is 0.407 e. The SMILES string of the molecule is COC(=O)NC(C(=O)N1CCC[C@H]1c1ncc(-c2ccc3cc(-c4ccc(-c5cnc([C@@H]6CCCN6C(=O)[C@@H](NC(=O)OC)[C@@H](C)OC)[nH]5)cc4)ccc3c2)[nH]1)C(C)C. The molecule has 7 rings (SSSR count). The van der Waals surface area contributed by atoms with Gasteiger partial charge in [-0.3, -0.25) is 9.59 Å².